The van der Waals surface area contributed by atoms with E-state index in [9.17, 15) is 4.79 Å². The summed E-state index contributed by atoms with van der Waals surface area (Å²) >= 11 is 0. The van der Waals surface area contributed by atoms with E-state index in [-0.39, 0.29) is 5.91 Å². The van der Waals surface area contributed by atoms with Crippen molar-refractivity contribution in [3.05, 3.63) is 52.8 Å². The molecule has 6 nitrogen and oxygen atoms in total. The molecule has 1 aliphatic heterocycles. The predicted molar refractivity (Wildman–Crippen MR) is 106 cm³/mol. The Labute approximate surface area is 166 Å². The minimum Gasteiger partial charge on any atom is -0.346 e. The normalized spacial score (nSPS) is 18.1. The minimum atomic E-state index is -0.142. The molecule has 0 saturated heterocycles. The molecule has 2 aromatic rings. The maximum Gasteiger partial charge on any atom is 0.251 e. The van der Waals surface area contributed by atoms with E-state index in [4.69, 9.17) is 10.4 Å². The minimum absolute atomic E-state index is 0.142. The van der Waals surface area contributed by atoms with E-state index >= 15 is 0 Å². The zero-order valence-corrected chi connectivity index (χ0v) is 16.2. The van der Waals surface area contributed by atoms with Crippen LogP contribution < -0.4 is 5.32 Å². The number of benzene rings is 1. The Morgan fingerprint density at radius 1 is 1.14 bits per heavy atom. The van der Waals surface area contributed by atoms with Crippen molar-refractivity contribution in [1.29, 1.82) is 5.26 Å². The number of aryl methyl sites for hydroxylation is 1. The summed E-state index contributed by atoms with van der Waals surface area (Å²) < 4.78 is 2.12. The first-order valence-electron chi connectivity index (χ1n) is 10.3. The van der Waals surface area contributed by atoms with Gasteiger partial charge in [0.15, 0.2) is 0 Å². The molecule has 0 spiro atoms. The third-order valence-corrected chi connectivity index (χ3v) is 5.89. The number of carbonyl (C=O) groups is 1. The van der Waals surface area contributed by atoms with Crippen molar-refractivity contribution in [2.24, 2.45) is 0 Å². The summed E-state index contributed by atoms with van der Waals surface area (Å²) in [5, 5.41) is 16.5. The van der Waals surface area contributed by atoms with Gasteiger partial charge in [-0.1, -0.05) is 19.3 Å². The number of amides is 1. The number of nitrogens with one attached hydrogen (secondary N) is 1. The van der Waals surface area contributed by atoms with Crippen LogP contribution in [-0.4, -0.2) is 33.2 Å². The molecule has 1 saturated carbocycles. The first-order chi connectivity index (χ1) is 13.7. The summed E-state index contributed by atoms with van der Waals surface area (Å²) in [6.45, 7) is 3.48. The molecule has 1 fully saturated rings. The van der Waals surface area contributed by atoms with Gasteiger partial charge >= 0.3 is 0 Å². The van der Waals surface area contributed by atoms with Gasteiger partial charge in [-0.05, 0) is 49.6 Å². The second kappa shape index (κ2) is 8.57. The van der Waals surface area contributed by atoms with Crippen molar-refractivity contribution in [2.45, 2.75) is 64.2 Å². The van der Waals surface area contributed by atoms with Crippen molar-refractivity contribution in [3.63, 3.8) is 0 Å². The van der Waals surface area contributed by atoms with Gasteiger partial charge in [-0.15, -0.1) is 0 Å². The van der Waals surface area contributed by atoms with Crippen LogP contribution in [0.25, 0.3) is 0 Å². The quantitative estimate of drug-likeness (QED) is 0.888. The maximum absolute atomic E-state index is 12.3. The number of fused-ring (bicyclic) bond motifs is 1. The second-order valence-electron chi connectivity index (χ2n) is 7.84. The molecule has 2 heterocycles. The molecule has 1 aromatic heterocycles. The lowest BCUT2D eigenvalue weighted by atomic mass is 9.94. The van der Waals surface area contributed by atoms with Crippen LogP contribution in [-0.2, 0) is 19.6 Å². The van der Waals surface area contributed by atoms with E-state index in [2.05, 4.69) is 27.0 Å². The standard InChI is InChI=1S/C22H27N5O/c23-14-17-7-9-18(10-8-17)22(28)24-15-19-13-21-16-26(11-4-12-27(21)25-19)20-5-2-1-3-6-20/h7-10,13,20H,1-6,11-12,15-16H2,(H,24,28). The number of rotatable bonds is 4. The molecule has 1 aliphatic carbocycles. The number of aromatic nitrogens is 2. The zero-order chi connectivity index (χ0) is 19.3. The van der Waals surface area contributed by atoms with Crippen LogP contribution in [0.3, 0.4) is 0 Å². The topological polar surface area (TPSA) is 74.0 Å². The molecule has 6 heteroatoms. The highest BCUT2D eigenvalue weighted by Crippen LogP contribution is 2.26. The smallest absolute Gasteiger partial charge is 0.251 e. The summed E-state index contributed by atoms with van der Waals surface area (Å²) in [5.41, 5.74) is 3.27. The summed E-state index contributed by atoms with van der Waals surface area (Å²) in [6, 6.07) is 11.6. The van der Waals surface area contributed by atoms with Crippen LogP contribution in [0.15, 0.2) is 30.3 Å². The Hall–Kier alpha value is -2.65. The highest BCUT2D eigenvalue weighted by Gasteiger charge is 2.24. The van der Waals surface area contributed by atoms with E-state index < -0.39 is 0 Å². The van der Waals surface area contributed by atoms with E-state index in [0.29, 0.717) is 17.7 Å². The van der Waals surface area contributed by atoms with Gasteiger partial charge in [0, 0.05) is 31.2 Å². The number of hydrogen-bond donors (Lipinski definition) is 1. The molecular formula is C22H27N5O. The highest BCUT2D eigenvalue weighted by atomic mass is 16.1. The molecule has 1 amide bonds. The number of carbonyl (C=O) groups excluding carboxylic acids is 1. The van der Waals surface area contributed by atoms with Crippen molar-refractivity contribution < 1.29 is 4.79 Å². The SMILES string of the molecule is N#Cc1ccc(C(=O)NCc2cc3n(n2)CCCN(C2CCCCC2)C3)cc1. The largest absolute Gasteiger partial charge is 0.346 e. The van der Waals surface area contributed by atoms with E-state index in [1.54, 1.807) is 24.3 Å². The van der Waals surface area contributed by atoms with Crippen LogP contribution in [0, 0.1) is 11.3 Å². The monoisotopic (exact) mass is 377 g/mol. The molecule has 1 aromatic carbocycles. The fourth-order valence-electron chi connectivity index (χ4n) is 4.36. The molecule has 0 bridgehead atoms. The highest BCUT2D eigenvalue weighted by molar-refractivity contribution is 5.94. The Morgan fingerprint density at radius 3 is 2.68 bits per heavy atom. The fourth-order valence-corrected chi connectivity index (χ4v) is 4.36. The van der Waals surface area contributed by atoms with Gasteiger partial charge in [-0.25, -0.2) is 0 Å². The van der Waals surface area contributed by atoms with Gasteiger partial charge in [0.1, 0.15) is 0 Å². The van der Waals surface area contributed by atoms with Gasteiger partial charge in [0.05, 0.1) is 29.6 Å². The summed E-state index contributed by atoms with van der Waals surface area (Å²) in [6.07, 6.45) is 7.86. The Morgan fingerprint density at radius 2 is 1.93 bits per heavy atom. The lowest BCUT2D eigenvalue weighted by molar-refractivity contribution is 0.0950. The van der Waals surface area contributed by atoms with Crippen LogP contribution >= 0.6 is 0 Å². The van der Waals surface area contributed by atoms with Crippen LogP contribution in [0.1, 0.15) is 65.8 Å². The number of nitriles is 1. The summed E-state index contributed by atoms with van der Waals surface area (Å²) in [5.74, 6) is -0.142. The Balaban J connectivity index is 1.37. The molecule has 1 N–H and O–H groups in total. The van der Waals surface area contributed by atoms with Crippen molar-refractivity contribution in [2.75, 3.05) is 6.54 Å². The summed E-state index contributed by atoms with van der Waals surface area (Å²) in [7, 11) is 0. The van der Waals surface area contributed by atoms with Crippen LogP contribution in [0.2, 0.25) is 0 Å². The van der Waals surface area contributed by atoms with Crippen molar-refractivity contribution >= 4 is 5.91 Å². The molecule has 0 radical (unpaired) electrons. The molecule has 0 unspecified atom stereocenters. The Kier molecular flexibility index (Phi) is 5.73. The molecule has 28 heavy (non-hydrogen) atoms. The predicted octanol–water partition coefficient (Wildman–Crippen LogP) is 3.22. The molecule has 146 valence electrons. The molecule has 4 rings (SSSR count). The van der Waals surface area contributed by atoms with Gasteiger partial charge in [0.2, 0.25) is 0 Å². The van der Waals surface area contributed by atoms with E-state index in [1.165, 1.54) is 37.8 Å². The Bertz CT molecular complexity index is 858. The first kappa shape index (κ1) is 18.7. The van der Waals surface area contributed by atoms with Crippen LogP contribution in [0.5, 0.6) is 0 Å². The van der Waals surface area contributed by atoms with E-state index in [1.807, 2.05) is 0 Å². The van der Waals surface area contributed by atoms with E-state index in [0.717, 1.165) is 37.8 Å². The average molecular weight is 377 g/mol. The zero-order valence-electron chi connectivity index (χ0n) is 16.2. The van der Waals surface area contributed by atoms with Crippen molar-refractivity contribution in [1.82, 2.24) is 20.0 Å². The third kappa shape index (κ3) is 4.26. The molecular weight excluding hydrogens is 350 g/mol. The number of hydrogen-bond acceptors (Lipinski definition) is 4. The fraction of sp³-hybridized carbons (Fsp3) is 0.500. The average Bonchev–Trinajstić information content (AvgIpc) is 3.02. The third-order valence-electron chi connectivity index (χ3n) is 5.89. The maximum atomic E-state index is 12.3. The van der Waals surface area contributed by atoms with Gasteiger partial charge in [0.25, 0.3) is 5.91 Å². The van der Waals surface area contributed by atoms with Gasteiger partial charge in [-0.3, -0.25) is 14.4 Å². The first-order valence-corrected chi connectivity index (χ1v) is 10.3. The summed E-state index contributed by atoms with van der Waals surface area (Å²) in [4.78, 5) is 15.0. The van der Waals surface area contributed by atoms with Gasteiger partial charge in [-0.2, -0.15) is 10.4 Å². The van der Waals surface area contributed by atoms with Gasteiger partial charge < -0.3 is 5.32 Å². The number of nitrogens with zero attached hydrogens (tertiary/aromatic N) is 4. The molecule has 2 aliphatic rings. The lowest BCUT2D eigenvalue weighted by Gasteiger charge is -2.33. The lowest BCUT2D eigenvalue weighted by Crippen LogP contribution is -2.36. The molecule has 0 atom stereocenters. The van der Waals surface area contributed by atoms with Crippen LogP contribution in [0.4, 0.5) is 0 Å². The van der Waals surface area contributed by atoms with Crippen molar-refractivity contribution in [3.8, 4) is 6.07 Å². The second-order valence-corrected chi connectivity index (χ2v) is 7.84.